The monoisotopic (exact) mass is 481 g/mol. The molecule has 0 atom stereocenters. The number of aromatic nitrogens is 1. The number of amides is 1. The van der Waals surface area contributed by atoms with E-state index in [1.54, 1.807) is 40.5 Å². The van der Waals surface area contributed by atoms with Gasteiger partial charge in [0.1, 0.15) is 5.76 Å². The Kier molecular flexibility index (Phi) is 6.01. The first kappa shape index (κ1) is 21.8. The van der Waals surface area contributed by atoms with Crippen molar-refractivity contribution >= 4 is 37.5 Å². The Labute approximate surface area is 196 Å². The zero-order chi connectivity index (χ0) is 22.8. The van der Waals surface area contributed by atoms with Gasteiger partial charge in [0.05, 0.1) is 32.9 Å². The number of nitrogens with zero attached hydrogens (tertiary/aromatic N) is 2. The Morgan fingerprint density at radius 2 is 1.91 bits per heavy atom. The normalized spacial score (nSPS) is 15.2. The van der Waals surface area contributed by atoms with Crippen LogP contribution in [0.25, 0.3) is 10.2 Å². The molecule has 4 aromatic rings. The number of piperidine rings is 1. The van der Waals surface area contributed by atoms with E-state index in [0.29, 0.717) is 30.3 Å². The van der Waals surface area contributed by atoms with Crippen LogP contribution in [0.3, 0.4) is 0 Å². The predicted octanol–water partition coefficient (Wildman–Crippen LogP) is 4.39. The highest BCUT2D eigenvalue weighted by atomic mass is 32.2. The third-order valence-electron chi connectivity index (χ3n) is 5.85. The highest BCUT2D eigenvalue weighted by Crippen LogP contribution is 2.34. The summed E-state index contributed by atoms with van der Waals surface area (Å²) < 4.78 is 34.2. The maximum absolute atomic E-state index is 13.1. The minimum atomic E-state index is -3.77. The van der Waals surface area contributed by atoms with Gasteiger partial charge in [-0.3, -0.25) is 4.79 Å². The molecule has 1 aliphatic rings. The average Bonchev–Trinajstić information content (AvgIpc) is 3.52. The number of sulfonamides is 1. The van der Waals surface area contributed by atoms with Crippen LogP contribution in [-0.2, 0) is 16.6 Å². The van der Waals surface area contributed by atoms with E-state index in [0.717, 1.165) is 23.4 Å². The summed E-state index contributed by atoms with van der Waals surface area (Å²) in [7, 11) is -3.77. The lowest BCUT2D eigenvalue weighted by molar-refractivity contribution is 0.0712. The lowest BCUT2D eigenvalue weighted by Crippen LogP contribution is -2.38. The van der Waals surface area contributed by atoms with Gasteiger partial charge < -0.3 is 9.32 Å². The molecule has 3 heterocycles. The fourth-order valence-electron chi connectivity index (χ4n) is 4.04. The molecule has 0 spiro atoms. The summed E-state index contributed by atoms with van der Waals surface area (Å²) in [5.41, 5.74) is 1.39. The summed E-state index contributed by atoms with van der Waals surface area (Å²) in [4.78, 5) is 19.7. The summed E-state index contributed by atoms with van der Waals surface area (Å²) in [6.07, 6.45) is 3.17. The second-order valence-corrected chi connectivity index (χ2v) is 10.8. The number of likely N-dealkylation sites (tertiary alicyclic amines) is 1. The predicted molar refractivity (Wildman–Crippen MR) is 127 cm³/mol. The van der Waals surface area contributed by atoms with Gasteiger partial charge in [0.25, 0.3) is 5.91 Å². The third-order valence-corrected chi connectivity index (χ3v) is 8.45. The number of furan rings is 1. The summed E-state index contributed by atoms with van der Waals surface area (Å²) in [6, 6.07) is 17.7. The van der Waals surface area contributed by atoms with Crippen molar-refractivity contribution < 1.29 is 17.6 Å². The van der Waals surface area contributed by atoms with Crippen LogP contribution in [0.1, 0.15) is 39.9 Å². The number of para-hydroxylation sites is 1. The van der Waals surface area contributed by atoms with Gasteiger partial charge in [0.15, 0.2) is 0 Å². The molecule has 33 heavy (non-hydrogen) atoms. The fourth-order valence-corrected chi connectivity index (χ4v) is 6.21. The largest absolute Gasteiger partial charge is 0.468 e. The molecule has 2 aromatic carbocycles. The molecule has 2 aromatic heterocycles. The highest BCUT2D eigenvalue weighted by molar-refractivity contribution is 7.89. The van der Waals surface area contributed by atoms with Crippen LogP contribution in [0.4, 0.5) is 0 Å². The quantitative estimate of drug-likeness (QED) is 0.441. The van der Waals surface area contributed by atoms with Gasteiger partial charge in [0, 0.05) is 24.6 Å². The van der Waals surface area contributed by atoms with Gasteiger partial charge in [-0.25, -0.2) is 18.1 Å². The Morgan fingerprint density at radius 1 is 1.09 bits per heavy atom. The van der Waals surface area contributed by atoms with Crippen molar-refractivity contribution in [2.24, 2.45) is 0 Å². The number of hydrogen-bond donors (Lipinski definition) is 1. The maximum Gasteiger partial charge on any atom is 0.253 e. The average molecular weight is 482 g/mol. The number of carbonyl (C=O) groups excluding carboxylic acids is 1. The molecular weight excluding hydrogens is 458 g/mol. The summed E-state index contributed by atoms with van der Waals surface area (Å²) in [5.74, 6) is 0.701. The number of rotatable bonds is 6. The van der Waals surface area contributed by atoms with E-state index in [2.05, 4.69) is 10.8 Å². The van der Waals surface area contributed by atoms with Gasteiger partial charge in [-0.15, -0.1) is 11.3 Å². The van der Waals surface area contributed by atoms with E-state index < -0.39 is 10.0 Å². The fraction of sp³-hybridized carbons (Fsp3) is 0.250. The Hall–Kier alpha value is -3.01. The highest BCUT2D eigenvalue weighted by Gasteiger charge is 2.27. The van der Waals surface area contributed by atoms with Crippen molar-refractivity contribution in [1.29, 1.82) is 0 Å². The van der Waals surface area contributed by atoms with E-state index in [1.807, 2.05) is 18.2 Å². The van der Waals surface area contributed by atoms with E-state index >= 15 is 0 Å². The standard InChI is InChI=1S/C24H23N3O4S2/c28-24(18-5-3-7-20(15-18)33(29,30)25-16-19-6-4-14-31-19)27-12-10-17(11-13-27)23-26-21-8-1-2-9-22(21)32-23/h1-9,14-15,17,25H,10-13,16H2. The van der Waals surface area contributed by atoms with Gasteiger partial charge in [-0.2, -0.15) is 0 Å². The molecule has 0 bridgehead atoms. The molecule has 0 aliphatic carbocycles. The van der Waals surface area contributed by atoms with Crippen molar-refractivity contribution in [1.82, 2.24) is 14.6 Å². The lowest BCUT2D eigenvalue weighted by atomic mass is 9.97. The van der Waals surface area contributed by atoms with E-state index in [9.17, 15) is 13.2 Å². The van der Waals surface area contributed by atoms with Gasteiger partial charge >= 0.3 is 0 Å². The number of hydrogen-bond acceptors (Lipinski definition) is 6. The molecule has 0 unspecified atom stereocenters. The van der Waals surface area contributed by atoms with E-state index in [-0.39, 0.29) is 17.3 Å². The smallest absolute Gasteiger partial charge is 0.253 e. The van der Waals surface area contributed by atoms with Crippen LogP contribution < -0.4 is 4.72 Å². The van der Waals surface area contributed by atoms with Gasteiger partial charge in [-0.1, -0.05) is 18.2 Å². The molecule has 1 saturated heterocycles. The molecule has 1 aliphatic heterocycles. The summed E-state index contributed by atoms with van der Waals surface area (Å²) >= 11 is 1.72. The Morgan fingerprint density at radius 3 is 2.67 bits per heavy atom. The minimum absolute atomic E-state index is 0.0484. The van der Waals surface area contributed by atoms with Crippen LogP contribution in [0.2, 0.25) is 0 Å². The number of carbonyl (C=O) groups is 1. The zero-order valence-electron chi connectivity index (χ0n) is 17.8. The summed E-state index contributed by atoms with van der Waals surface area (Å²) in [5, 5.41) is 1.12. The first-order chi connectivity index (χ1) is 16.0. The molecule has 170 valence electrons. The Bertz CT molecular complexity index is 1340. The molecule has 0 radical (unpaired) electrons. The topological polar surface area (TPSA) is 92.5 Å². The van der Waals surface area contributed by atoms with Crippen molar-refractivity contribution in [3.05, 3.63) is 83.3 Å². The molecule has 0 saturated carbocycles. The van der Waals surface area contributed by atoms with Crippen molar-refractivity contribution in [2.45, 2.75) is 30.2 Å². The molecule has 9 heteroatoms. The molecule has 5 rings (SSSR count). The van der Waals surface area contributed by atoms with Crippen molar-refractivity contribution in [2.75, 3.05) is 13.1 Å². The van der Waals surface area contributed by atoms with E-state index in [4.69, 9.17) is 9.40 Å². The van der Waals surface area contributed by atoms with Crippen LogP contribution in [0, 0.1) is 0 Å². The van der Waals surface area contributed by atoms with E-state index in [1.165, 1.54) is 23.1 Å². The number of nitrogens with one attached hydrogen (secondary N) is 1. The second-order valence-electron chi connectivity index (χ2n) is 8.02. The first-order valence-corrected chi connectivity index (χ1v) is 13.1. The lowest BCUT2D eigenvalue weighted by Gasteiger charge is -2.31. The van der Waals surface area contributed by atoms with Crippen LogP contribution in [0.5, 0.6) is 0 Å². The molecular formula is C24H23N3O4S2. The van der Waals surface area contributed by atoms with Crippen LogP contribution in [-0.4, -0.2) is 37.3 Å². The molecule has 1 amide bonds. The zero-order valence-corrected chi connectivity index (χ0v) is 19.4. The summed E-state index contributed by atoms with van der Waals surface area (Å²) in [6.45, 7) is 1.28. The molecule has 1 N–H and O–H groups in total. The second kappa shape index (κ2) is 9.09. The van der Waals surface area contributed by atoms with Crippen LogP contribution in [0.15, 0.2) is 76.2 Å². The SMILES string of the molecule is O=C(c1cccc(S(=O)(=O)NCc2ccco2)c1)N1CCC(c2nc3ccccc3s2)CC1. The molecule has 7 nitrogen and oxygen atoms in total. The minimum Gasteiger partial charge on any atom is -0.468 e. The molecule has 1 fully saturated rings. The van der Waals surface area contributed by atoms with Crippen molar-refractivity contribution in [3.63, 3.8) is 0 Å². The van der Waals surface area contributed by atoms with Gasteiger partial charge in [0.2, 0.25) is 10.0 Å². The number of thiazole rings is 1. The number of benzene rings is 2. The Balaban J connectivity index is 1.24. The van der Waals surface area contributed by atoms with Crippen LogP contribution >= 0.6 is 11.3 Å². The maximum atomic E-state index is 13.1. The van der Waals surface area contributed by atoms with Gasteiger partial charge in [-0.05, 0) is 55.3 Å². The number of fused-ring (bicyclic) bond motifs is 1. The first-order valence-electron chi connectivity index (χ1n) is 10.8. The van der Waals surface area contributed by atoms with Crippen molar-refractivity contribution in [3.8, 4) is 0 Å². The third kappa shape index (κ3) is 4.71.